The summed E-state index contributed by atoms with van der Waals surface area (Å²) in [5.41, 5.74) is 5.83. The predicted octanol–water partition coefficient (Wildman–Crippen LogP) is 10.2. The van der Waals surface area contributed by atoms with Gasteiger partial charge in [0.1, 0.15) is 0 Å². The zero-order valence-corrected chi connectivity index (χ0v) is 23.3. The predicted molar refractivity (Wildman–Crippen MR) is 165 cm³/mol. The first-order valence-electron chi connectivity index (χ1n) is 13.9. The number of anilines is 4. The Balaban J connectivity index is 1.45. The van der Waals surface area contributed by atoms with Crippen LogP contribution >= 0.6 is 11.8 Å². The maximum atomic E-state index is 4.94. The summed E-state index contributed by atoms with van der Waals surface area (Å²) in [6.45, 7) is 4.61. The highest BCUT2D eigenvalue weighted by molar-refractivity contribution is 7.99. The van der Waals surface area contributed by atoms with Crippen LogP contribution in [0.5, 0.6) is 0 Å². The molecule has 1 heterocycles. The van der Waals surface area contributed by atoms with Crippen LogP contribution in [0.4, 0.5) is 22.7 Å². The first kappa shape index (κ1) is 26.1. The van der Waals surface area contributed by atoms with Gasteiger partial charge in [0.15, 0.2) is 0 Å². The molecule has 5 rings (SSSR count). The fourth-order valence-electron chi connectivity index (χ4n) is 5.14. The zero-order chi connectivity index (χ0) is 26.2. The number of hydrogen-bond acceptors (Lipinski definition) is 4. The number of fused-ring (bicyclic) bond motifs is 2. The standard InChI is InChI=1S/C34H37N3S/c1-3-5-6-9-16-28(4-2)36-31-21-14-15-22-33(31)38-34-25-27(23-24-32(34)36)26-35-37(29-17-10-7-11-18-29)30-19-12-8-13-20-30/h7-8,10-15,17-26,28H,3-6,9,16H2,1-2H3/b35-26+. The average molecular weight is 520 g/mol. The topological polar surface area (TPSA) is 18.8 Å². The molecule has 0 radical (unpaired) electrons. The molecule has 1 unspecified atom stereocenters. The molecule has 194 valence electrons. The van der Waals surface area contributed by atoms with Gasteiger partial charge in [0.05, 0.1) is 29.0 Å². The van der Waals surface area contributed by atoms with Crippen molar-refractivity contribution in [2.45, 2.75) is 68.2 Å². The molecule has 0 spiro atoms. The van der Waals surface area contributed by atoms with Crippen molar-refractivity contribution < 1.29 is 0 Å². The quantitative estimate of drug-likeness (QED) is 0.112. The summed E-state index contributed by atoms with van der Waals surface area (Å²) in [6, 6.07) is 36.8. The van der Waals surface area contributed by atoms with Crippen LogP contribution in [0.15, 0.2) is 118 Å². The van der Waals surface area contributed by atoms with Gasteiger partial charge in [0.25, 0.3) is 0 Å². The maximum absolute atomic E-state index is 4.94. The molecule has 1 atom stereocenters. The van der Waals surface area contributed by atoms with Crippen molar-refractivity contribution in [3.05, 3.63) is 109 Å². The Morgan fingerprint density at radius 1 is 0.737 bits per heavy atom. The lowest BCUT2D eigenvalue weighted by Gasteiger charge is -2.39. The summed E-state index contributed by atoms with van der Waals surface area (Å²) in [5.74, 6) is 0. The molecule has 0 amide bonds. The van der Waals surface area contributed by atoms with Crippen LogP contribution in [0.1, 0.15) is 57.9 Å². The van der Waals surface area contributed by atoms with Crippen LogP contribution in [0.2, 0.25) is 0 Å². The van der Waals surface area contributed by atoms with Gasteiger partial charge in [-0.3, -0.25) is 0 Å². The molecule has 38 heavy (non-hydrogen) atoms. The van der Waals surface area contributed by atoms with Crippen molar-refractivity contribution in [1.82, 2.24) is 0 Å². The minimum atomic E-state index is 0.499. The molecule has 0 aliphatic carbocycles. The van der Waals surface area contributed by atoms with Gasteiger partial charge in [-0.25, -0.2) is 5.01 Å². The van der Waals surface area contributed by atoms with E-state index in [1.165, 1.54) is 53.3 Å². The van der Waals surface area contributed by atoms with E-state index in [0.29, 0.717) is 6.04 Å². The van der Waals surface area contributed by atoms with Gasteiger partial charge in [0.2, 0.25) is 0 Å². The van der Waals surface area contributed by atoms with Crippen molar-refractivity contribution in [2.75, 3.05) is 9.91 Å². The summed E-state index contributed by atoms with van der Waals surface area (Å²) in [6.07, 6.45) is 9.54. The van der Waals surface area contributed by atoms with E-state index in [1.807, 2.05) is 35.1 Å². The average Bonchev–Trinajstić information content (AvgIpc) is 2.97. The number of benzene rings is 4. The molecule has 0 fully saturated rings. The summed E-state index contributed by atoms with van der Waals surface area (Å²) < 4.78 is 0. The van der Waals surface area contributed by atoms with Crippen LogP contribution in [-0.2, 0) is 0 Å². The van der Waals surface area contributed by atoms with Crippen molar-refractivity contribution >= 4 is 40.7 Å². The molecule has 0 aromatic heterocycles. The third kappa shape index (κ3) is 5.97. The molecule has 4 aromatic carbocycles. The molecule has 4 heteroatoms. The maximum Gasteiger partial charge on any atom is 0.0652 e. The highest BCUT2D eigenvalue weighted by atomic mass is 32.2. The highest BCUT2D eigenvalue weighted by Gasteiger charge is 2.28. The first-order chi connectivity index (χ1) is 18.8. The Morgan fingerprint density at radius 2 is 1.39 bits per heavy atom. The van der Waals surface area contributed by atoms with Crippen molar-refractivity contribution in [3.63, 3.8) is 0 Å². The third-order valence-electron chi connectivity index (χ3n) is 7.14. The lowest BCUT2D eigenvalue weighted by Crippen LogP contribution is -2.32. The smallest absolute Gasteiger partial charge is 0.0652 e. The van der Waals surface area contributed by atoms with Crippen LogP contribution in [0, 0.1) is 0 Å². The van der Waals surface area contributed by atoms with Crippen molar-refractivity contribution in [2.24, 2.45) is 5.10 Å². The van der Waals surface area contributed by atoms with Gasteiger partial charge >= 0.3 is 0 Å². The number of hydrogen-bond donors (Lipinski definition) is 0. The van der Waals surface area contributed by atoms with E-state index in [0.717, 1.165) is 23.4 Å². The third-order valence-corrected chi connectivity index (χ3v) is 8.25. The van der Waals surface area contributed by atoms with Crippen molar-refractivity contribution in [1.29, 1.82) is 0 Å². The van der Waals surface area contributed by atoms with E-state index in [1.54, 1.807) is 0 Å². The second-order valence-corrected chi connectivity index (χ2v) is 10.9. The van der Waals surface area contributed by atoms with E-state index >= 15 is 0 Å². The minimum Gasteiger partial charge on any atom is -0.337 e. The van der Waals surface area contributed by atoms with E-state index in [4.69, 9.17) is 5.10 Å². The van der Waals surface area contributed by atoms with E-state index in [9.17, 15) is 0 Å². The van der Waals surface area contributed by atoms with Gasteiger partial charge in [-0.1, -0.05) is 106 Å². The Hall–Kier alpha value is -3.50. The molecule has 0 saturated heterocycles. The number of hydrazone groups is 1. The number of nitrogens with zero attached hydrogens (tertiary/aromatic N) is 3. The number of unbranched alkanes of at least 4 members (excludes halogenated alkanes) is 3. The zero-order valence-electron chi connectivity index (χ0n) is 22.5. The summed E-state index contributed by atoms with van der Waals surface area (Å²) in [7, 11) is 0. The molecular weight excluding hydrogens is 482 g/mol. The fourth-order valence-corrected chi connectivity index (χ4v) is 6.26. The molecule has 1 aliphatic heterocycles. The lowest BCUT2D eigenvalue weighted by atomic mass is 10.0. The van der Waals surface area contributed by atoms with Gasteiger partial charge in [-0.2, -0.15) is 5.10 Å². The molecule has 0 N–H and O–H groups in total. The second-order valence-electron chi connectivity index (χ2n) is 9.81. The SMILES string of the molecule is CCCCCCC(CC)N1c2ccccc2Sc2cc(/C=N/N(c3ccccc3)c3ccccc3)ccc21. The summed E-state index contributed by atoms with van der Waals surface area (Å²) in [4.78, 5) is 5.23. The Labute approximate surface area is 232 Å². The largest absolute Gasteiger partial charge is 0.337 e. The lowest BCUT2D eigenvalue weighted by molar-refractivity contribution is 0.526. The summed E-state index contributed by atoms with van der Waals surface area (Å²) in [5, 5.41) is 6.94. The monoisotopic (exact) mass is 519 g/mol. The first-order valence-corrected chi connectivity index (χ1v) is 14.7. The van der Waals surface area contributed by atoms with Crippen LogP contribution in [-0.4, -0.2) is 12.3 Å². The molecule has 0 bridgehead atoms. The van der Waals surface area contributed by atoms with Crippen LogP contribution in [0.25, 0.3) is 0 Å². The van der Waals surface area contributed by atoms with Crippen molar-refractivity contribution in [3.8, 4) is 0 Å². The summed E-state index contributed by atoms with van der Waals surface area (Å²) >= 11 is 1.87. The number of rotatable bonds is 11. The molecule has 0 saturated carbocycles. The highest BCUT2D eigenvalue weighted by Crippen LogP contribution is 2.50. The molecular formula is C34H37N3S. The number of para-hydroxylation sites is 3. The van der Waals surface area contributed by atoms with Crippen LogP contribution in [0.3, 0.4) is 0 Å². The van der Waals surface area contributed by atoms with Crippen LogP contribution < -0.4 is 9.91 Å². The molecule has 3 nitrogen and oxygen atoms in total. The van der Waals surface area contributed by atoms with E-state index in [2.05, 4.69) is 110 Å². The van der Waals surface area contributed by atoms with Gasteiger partial charge < -0.3 is 4.90 Å². The van der Waals surface area contributed by atoms with Gasteiger partial charge in [-0.15, -0.1) is 0 Å². The fraction of sp³-hybridized carbons (Fsp3) is 0.265. The Bertz CT molecular complexity index is 1300. The van der Waals surface area contributed by atoms with Gasteiger partial charge in [0, 0.05) is 15.8 Å². The Kier molecular flexibility index (Phi) is 8.82. The molecule has 1 aliphatic rings. The van der Waals surface area contributed by atoms with Gasteiger partial charge in [-0.05, 0) is 66.9 Å². The molecule has 4 aromatic rings. The van der Waals surface area contributed by atoms with E-state index < -0.39 is 0 Å². The Morgan fingerprint density at radius 3 is 2.08 bits per heavy atom. The minimum absolute atomic E-state index is 0.499. The normalized spacial score (nSPS) is 13.3. The van der Waals surface area contributed by atoms with E-state index in [-0.39, 0.29) is 0 Å². The second kappa shape index (κ2) is 12.8.